The molecule has 0 N–H and O–H groups in total. The third-order valence-electron chi connectivity index (χ3n) is 1.84. The topological polar surface area (TPSA) is 17.1 Å². The first-order valence-corrected chi connectivity index (χ1v) is 4.38. The lowest BCUT2D eigenvalue weighted by atomic mass is 10.1. The number of ketones is 1. The first-order chi connectivity index (χ1) is 5.20. The van der Waals surface area contributed by atoms with Gasteiger partial charge in [0, 0.05) is 6.42 Å². The van der Waals surface area contributed by atoms with Crippen LogP contribution in [0.5, 0.6) is 0 Å². The summed E-state index contributed by atoms with van der Waals surface area (Å²) in [5, 5.41) is 0. The number of carbonyl (C=O) groups excluding carboxylic acids is 1. The Bertz CT molecular complexity index is 139. The second kappa shape index (κ2) is 6.14. The molecule has 0 spiro atoms. The molecule has 0 amide bonds. The van der Waals surface area contributed by atoms with Crippen LogP contribution in [0, 0.1) is 0 Å². The van der Waals surface area contributed by atoms with Crippen LogP contribution in [0.25, 0.3) is 0 Å². The first kappa shape index (κ1) is 10.4. The highest BCUT2D eigenvalue weighted by Crippen LogP contribution is 2.07. The molecule has 0 unspecified atom stereocenters. The zero-order chi connectivity index (χ0) is 8.69. The molecule has 11 heavy (non-hydrogen) atoms. The Labute approximate surface area is 69.5 Å². The van der Waals surface area contributed by atoms with Crippen LogP contribution in [0.4, 0.5) is 0 Å². The summed E-state index contributed by atoms with van der Waals surface area (Å²) in [5.74, 6) is 0.285. The summed E-state index contributed by atoms with van der Waals surface area (Å²) in [5.41, 5.74) is 1.46. The first-order valence-electron chi connectivity index (χ1n) is 4.38. The highest BCUT2D eigenvalue weighted by atomic mass is 16.1. The average Bonchev–Trinajstić information content (AvgIpc) is 1.98. The summed E-state index contributed by atoms with van der Waals surface area (Å²) in [6, 6.07) is 0. The standard InChI is InChI=1S/C10H18O/c1-4-10(5-2)8-6-7-9(3)11/h8H,4-7H2,1-3H3. The van der Waals surface area contributed by atoms with Crippen LogP contribution >= 0.6 is 0 Å². The molecular formula is C10H18O. The van der Waals surface area contributed by atoms with Crippen LogP contribution in [0.3, 0.4) is 0 Å². The van der Waals surface area contributed by atoms with Crippen molar-refractivity contribution in [2.24, 2.45) is 0 Å². The molecule has 1 nitrogen and oxygen atoms in total. The van der Waals surface area contributed by atoms with Crippen molar-refractivity contribution in [2.45, 2.75) is 46.5 Å². The van der Waals surface area contributed by atoms with E-state index in [1.54, 1.807) is 6.92 Å². The van der Waals surface area contributed by atoms with Gasteiger partial charge in [0.1, 0.15) is 5.78 Å². The number of hydrogen-bond donors (Lipinski definition) is 0. The lowest BCUT2D eigenvalue weighted by molar-refractivity contribution is -0.116. The van der Waals surface area contributed by atoms with Crippen molar-refractivity contribution in [1.29, 1.82) is 0 Å². The number of allylic oxidation sites excluding steroid dienone is 2. The van der Waals surface area contributed by atoms with Gasteiger partial charge >= 0.3 is 0 Å². The summed E-state index contributed by atoms with van der Waals surface area (Å²) in [6.07, 6.45) is 6.06. The van der Waals surface area contributed by atoms with Gasteiger partial charge in [0.25, 0.3) is 0 Å². The highest BCUT2D eigenvalue weighted by molar-refractivity contribution is 5.75. The van der Waals surface area contributed by atoms with Crippen LogP contribution in [-0.2, 0) is 4.79 Å². The molecule has 0 aromatic heterocycles. The minimum Gasteiger partial charge on any atom is -0.300 e. The molecule has 0 aliphatic rings. The molecule has 0 heterocycles. The Morgan fingerprint density at radius 1 is 1.27 bits per heavy atom. The third kappa shape index (κ3) is 5.84. The number of hydrogen-bond acceptors (Lipinski definition) is 1. The molecule has 64 valence electrons. The normalized spacial score (nSPS) is 9.36. The predicted molar refractivity (Wildman–Crippen MR) is 48.6 cm³/mol. The molecule has 0 saturated carbocycles. The average molecular weight is 154 g/mol. The molecular weight excluding hydrogens is 136 g/mol. The van der Waals surface area contributed by atoms with E-state index in [-0.39, 0.29) is 5.78 Å². The Kier molecular flexibility index (Phi) is 5.81. The van der Waals surface area contributed by atoms with E-state index in [9.17, 15) is 4.79 Å². The van der Waals surface area contributed by atoms with E-state index in [0.717, 1.165) is 19.3 Å². The number of carbonyl (C=O) groups is 1. The molecule has 0 fully saturated rings. The van der Waals surface area contributed by atoms with Gasteiger partial charge in [-0.1, -0.05) is 25.5 Å². The minimum absolute atomic E-state index is 0.285. The minimum atomic E-state index is 0.285. The lowest BCUT2D eigenvalue weighted by Gasteiger charge is -1.98. The second-order valence-corrected chi connectivity index (χ2v) is 2.81. The summed E-state index contributed by atoms with van der Waals surface area (Å²) < 4.78 is 0. The van der Waals surface area contributed by atoms with Gasteiger partial charge in [-0.2, -0.15) is 0 Å². The maximum atomic E-state index is 10.6. The molecule has 0 rings (SSSR count). The predicted octanol–water partition coefficient (Wildman–Crippen LogP) is 3.10. The van der Waals surface area contributed by atoms with Gasteiger partial charge in [0.15, 0.2) is 0 Å². The van der Waals surface area contributed by atoms with Crippen molar-refractivity contribution in [2.75, 3.05) is 0 Å². The fourth-order valence-electron chi connectivity index (χ4n) is 1.02. The third-order valence-corrected chi connectivity index (χ3v) is 1.84. The van der Waals surface area contributed by atoms with Gasteiger partial charge in [-0.3, -0.25) is 0 Å². The molecule has 0 aliphatic heterocycles. The van der Waals surface area contributed by atoms with Crippen molar-refractivity contribution >= 4 is 5.78 Å². The molecule has 1 heteroatoms. The van der Waals surface area contributed by atoms with Gasteiger partial charge in [-0.25, -0.2) is 0 Å². The summed E-state index contributed by atoms with van der Waals surface area (Å²) in [7, 11) is 0. The van der Waals surface area contributed by atoms with E-state index < -0.39 is 0 Å². The van der Waals surface area contributed by atoms with Crippen LogP contribution in [0.1, 0.15) is 46.5 Å². The van der Waals surface area contributed by atoms with E-state index in [0.29, 0.717) is 6.42 Å². The molecule has 0 aromatic carbocycles. The summed E-state index contributed by atoms with van der Waals surface area (Å²) in [6.45, 7) is 5.96. The Morgan fingerprint density at radius 2 is 1.82 bits per heavy atom. The van der Waals surface area contributed by atoms with Crippen molar-refractivity contribution < 1.29 is 4.79 Å². The zero-order valence-corrected chi connectivity index (χ0v) is 7.81. The van der Waals surface area contributed by atoms with Gasteiger partial charge in [-0.05, 0) is 26.2 Å². The SMILES string of the molecule is CCC(=CCCC(C)=O)CC. The fraction of sp³-hybridized carbons (Fsp3) is 0.700. The Hall–Kier alpha value is -0.590. The van der Waals surface area contributed by atoms with E-state index in [1.807, 2.05) is 0 Å². The van der Waals surface area contributed by atoms with E-state index in [2.05, 4.69) is 19.9 Å². The van der Waals surface area contributed by atoms with E-state index >= 15 is 0 Å². The zero-order valence-electron chi connectivity index (χ0n) is 7.81. The smallest absolute Gasteiger partial charge is 0.130 e. The summed E-state index contributed by atoms with van der Waals surface area (Å²) >= 11 is 0. The maximum Gasteiger partial charge on any atom is 0.130 e. The van der Waals surface area contributed by atoms with E-state index in [1.165, 1.54) is 5.57 Å². The summed E-state index contributed by atoms with van der Waals surface area (Å²) in [4.78, 5) is 10.6. The van der Waals surface area contributed by atoms with Crippen molar-refractivity contribution in [1.82, 2.24) is 0 Å². The quantitative estimate of drug-likeness (QED) is 0.556. The largest absolute Gasteiger partial charge is 0.300 e. The van der Waals surface area contributed by atoms with Crippen molar-refractivity contribution in [3.05, 3.63) is 11.6 Å². The van der Waals surface area contributed by atoms with Crippen molar-refractivity contribution in [3.8, 4) is 0 Å². The molecule has 0 aliphatic carbocycles. The fourth-order valence-corrected chi connectivity index (χ4v) is 1.02. The van der Waals surface area contributed by atoms with Crippen molar-refractivity contribution in [3.63, 3.8) is 0 Å². The monoisotopic (exact) mass is 154 g/mol. The van der Waals surface area contributed by atoms with Gasteiger partial charge in [-0.15, -0.1) is 0 Å². The molecule has 0 atom stereocenters. The molecule has 0 radical (unpaired) electrons. The molecule has 0 aromatic rings. The number of rotatable bonds is 5. The Morgan fingerprint density at radius 3 is 2.18 bits per heavy atom. The van der Waals surface area contributed by atoms with Gasteiger partial charge in [0.05, 0.1) is 0 Å². The van der Waals surface area contributed by atoms with Crippen LogP contribution < -0.4 is 0 Å². The highest BCUT2D eigenvalue weighted by Gasteiger charge is 1.92. The van der Waals surface area contributed by atoms with Gasteiger partial charge < -0.3 is 4.79 Å². The van der Waals surface area contributed by atoms with E-state index in [4.69, 9.17) is 0 Å². The second-order valence-electron chi connectivity index (χ2n) is 2.81. The molecule has 0 saturated heterocycles. The maximum absolute atomic E-state index is 10.6. The van der Waals surface area contributed by atoms with Crippen LogP contribution in [-0.4, -0.2) is 5.78 Å². The number of Topliss-reactive ketones (excluding diaryl/α,β-unsaturated/α-hetero) is 1. The van der Waals surface area contributed by atoms with Crippen LogP contribution in [0.2, 0.25) is 0 Å². The lowest BCUT2D eigenvalue weighted by Crippen LogP contribution is -1.87. The van der Waals surface area contributed by atoms with Crippen LogP contribution in [0.15, 0.2) is 11.6 Å². The van der Waals surface area contributed by atoms with Gasteiger partial charge in [0.2, 0.25) is 0 Å². The molecule has 0 bridgehead atoms. The Balaban J connectivity index is 3.61.